The molecule has 0 N–H and O–H groups in total. The van der Waals surface area contributed by atoms with E-state index in [-0.39, 0.29) is 0 Å². The number of rotatable bonds is 4. The number of ether oxygens (including phenoxy) is 1. The first-order valence-electron chi connectivity index (χ1n) is 7.47. The second-order valence-corrected chi connectivity index (χ2v) is 6.01. The second-order valence-electron chi connectivity index (χ2n) is 6.01. The van der Waals surface area contributed by atoms with E-state index in [9.17, 15) is 0 Å². The fraction of sp³-hybridized carbons (Fsp3) is 0.588. The SMILES string of the molecule is CC1CC(C)C(C)N(CCOc2ccccc2C#N)C1. The van der Waals surface area contributed by atoms with Crippen LogP contribution in [0.25, 0.3) is 0 Å². The van der Waals surface area contributed by atoms with Crippen molar-refractivity contribution in [1.82, 2.24) is 4.90 Å². The van der Waals surface area contributed by atoms with E-state index in [1.165, 1.54) is 6.42 Å². The van der Waals surface area contributed by atoms with Crippen molar-refractivity contribution in [3.05, 3.63) is 29.8 Å². The third kappa shape index (κ3) is 3.52. The maximum absolute atomic E-state index is 9.04. The van der Waals surface area contributed by atoms with Crippen LogP contribution in [0, 0.1) is 23.2 Å². The number of benzene rings is 1. The van der Waals surface area contributed by atoms with Crippen molar-refractivity contribution in [2.75, 3.05) is 19.7 Å². The summed E-state index contributed by atoms with van der Waals surface area (Å²) in [4.78, 5) is 2.51. The molecule has 20 heavy (non-hydrogen) atoms. The number of nitriles is 1. The van der Waals surface area contributed by atoms with Crippen LogP contribution in [0.3, 0.4) is 0 Å². The Kier molecular flexibility index (Phi) is 5.03. The lowest BCUT2D eigenvalue weighted by molar-refractivity contribution is 0.0665. The van der Waals surface area contributed by atoms with Gasteiger partial charge in [0.1, 0.15) is 18.4 Å². The monoisotopic (exact) mass is 272 g/mol. The third-order valence-corrected chi connectivity index (χ3v) is 4.36. The zero-order valence-corrected chi connectivity index (χ0v) is 12.7. The van der Waals surface area contributed by atoms with Gasteiger partial charge in [0.05, 0.1) is 5.56 Å². The Hall–Kier alpha value is -1.53. The molecule has 1 aliphatic heterocycles. The molecule has 3 unspecified atom stereocenters. The molecule has 1 heterocycles. The normalized spacial score (nSPS) is 27.0. The zero-order valence-electron chi connectivity index (χ0n) is 12.7. The van der Waals surface area contributed by atoms with Crippen molar-refractivity contribution in [2.45, 2.75) is 33.2 Å². The number of hydrogen-bond acceptors (Lipinski definition) is 3. The van der Waals surface area contributed by atoms with Crippen LogP contribution < -0.4 is 4.74 Å². The molecular weight excluding hydrogens is 248 g/mol. The van der Waals surface area contributed by atoms with Gasteiger partial charge >= 0.3 is 0 Å². The van der Waals surface area contributed by atoms with E-state index in [0.717, 1.165) is 24.9 Å². The molecule has 3 nitrogen and oxygen atoms in total. The van der Waals surface area contributed by atoms with Gasteiger partial charge in [0.25, 0.3) is 0 Å². The van der Waals surface area contributed by atoms with Crippen LogP contribution in [-0.4, -0.2) is 30.6 Å². The largest absolute Gasteiger partial charge is 0.491 e. The summed E-state index contributed by atoms with van der Waals surface area (Å²) in [7, 11) is 0. The summed E-state index contributed by atoms with van der Waals surface area (Å²) in [6, 6.07) is 10.2. The Morgan fingerprint density at radius 3 is 2.80 bits per heavy atom. The Balaban J connectivity index is 1.88. The van der Waals surface area contributed by atoms with E-state index in [4.69, 9.17) is 10.00 Å². The molecular formula is C17H24N2O. The topological polar surface area (TPSA) is 36.3 Å². The van der Waals surface area contributed by atoms with E-state index >= 15 is 0 Å². The third-order valence-electron chi connectivity index (χ3n) is 4.36. The Labute approximate surface area is 122 Å². The van der Waals surface area contributed by atoms with Crippen molar-refractivity contribution >= 4 is 0 Å². The predicted molar refractivity (Wildman–Crippen MR) is 80.6 cm³/mol. The van der Waals surface area contributed by atoms with Crippen molar-refractivity contribution in [2.24, 2.45) is 11.8 Å². The zero-order chi connectivity index (χ0) is 14.5. The summed E-state index contributed by atoms with van der Waals surface area (Å²) in [5, 5.41) is 9.04. The molecule has 1 aliphatic rings. The smallest absolute Gasteiger partial charge is 0.137 e. The quantitative estimate of drug-likeness (QED) is 0.843. The summed E-state index contributed by atoms with van der Waals surface area (Å²) in [6.07, 6.45) is 1.32. The molecule has 0 aromatic heterocycles. The molecule has 1 saturated heterocycles. The highest BCUT2D eigenvalue weighted by Crippen LogP contribution is 2.26. The molecule has 1 aromatic rings. The molecule has 1 aromatic carbocycles. The molecule has 0 saturated carbocycles. The van der Waals surface area contributed by atoms with Gasteiger partial charge < -0.3 is 4.74 Å². The Morgan fingerprint density at radius 1 is 1.30 bits per heavy atom. The summed E-state index contributed by atoms with van der Waals surface area (Å²) in [5.74, 6) is 2.19. The number of para-hydroxylation sites is 1. The molecule has 0 aliphatic carbocycles. The minimum atomic E-state index is 0.612. The van der Waals surface area contributed by atoms with E-state index in [1.54, 1.807) is 6.07 Å². The molecule has 3 heteroatoms. The van der Waals surface area contributed by atoms with Crippen LogP contribution in [0.5, 0.6) is 5.75 Å². The van der Waals surface area contributed by atoms with Gasteiger partial charge in [-0.25, -0.2) is 0 Å². The van der Waals surface area contributed by atoms with Crippen LogP contribution in [0.15, 0.2) is 24.3 Å². The lowest BCUT2D eigenvalue weighted by atomic mass is 9.86. The summed E-state index contributed by atoms with van der Waals surface area (Å²) < 4.78 is 5.79. The summed E-state index contributed by atoms with van der Waals surface area (Å²) >= 11 is 0. The molecule has 108 valence electrons. The van der Waals surface area contributed by atoms with Crippen molar-refractivity contribution in [1.29, 1.82) is 5.26 Å². The van der Waals surface area contributed by atoms with Gasteiger partial charge in [-0.05, 0) is 37.3 Å². The van der Waals surface area contributed by atoms with E-state index in [2.05, 4.69) is 31.7 Å². The highest BCUT2D eigenvalue weighted by molar-refractivity contribution is 5.42. The highest BCUT2D eigenvalue weighted by atomic mass is 16.5. The molecule has 0 radical (unpaired) electrons. The van der Waals surface area contributed by atoms with Crippen molar-refractivity contribution < 1.29 is 4.74 Å². The first-order chi connectivity index (χ1) is 9.61. The number of likely N-dealkylation sites (tertiary alicyclic amines) is 1. The van der Waals surface area contributed by atoms with Crippen LogP contribution >= 0.6 is 0 Å². The van der Waals surface area contributed by atoms with E-state index < -0.39 is 0 Å². The predicted octanol–water partition coefficient (Wildman–Crippen LogP) is 3.30. The second kappa shape index (κ2) is 6.76. The number of piperidine rings is 1. The maximum Gasteiger partial charge on any atom is 0.137 e. The lowest BCUT2D eigenvalue weighted by Gasteiger charge is -2.41. The standard InChI is InChI=1S/C17H24N2O/c1-13-10-14(2)15(3)19(12-13)8-9-20-17-7-5-4-6-16(17)11-18/h4-7,13-15H,8-10,12H2,1-3H3. The molecule has 0 spiro atoms. The average molecular weight is 272 g/mol. The van der Waals surface area contributed by atoms with E-state index in [1.807, 2.05) is 18.2 Å². The van der Waals surface area contributed by atoms with Crippen LogP contribution in [0.2, 0.25) is 0 Å². The van der Waals surface area contributed by atoms with Gasteiger partial charge in [-0.1, -0.05) is 26.0 Å². The molecule has 0 amide bonds. The van der Waals surface area contributed by atoms with Crippen LogP contribution in [0.1, 0.15) is 32.8 Å². The number of nitrogens with zero attached hydrogens (tertiary/aromatic N) is 2. The summed E-state index contributed by atoms with van der Waals surface area (Å²) in [6.45, 7) is 9.67. The van der Waals surface area contributed by atoms with Gasteiger partial charge in [-0.3, -0.25) is 4.90 Å². The molecule has 0 bridgehead atoms. The van der Waals surface area contributed by atoms with Crippen LogP contribution in [-0.2, 0) is 0 Å². The van der Waals surface area contributed by atoms with Crippen LogP contribution in [0.4, 0.5) is 0 Å². The average Bonchev–Trinajstić information content (AvgIpc) is 2.44. The van der Waals surface area contributed by atoms with Gasteiger partial charge in [0.15, 0.2) is 0 Å². The van der Waals surface area contributed by atoms with Gasteiger partial charge in [0.2, 0.25) is 0 Å². The first kappa shape index (κ1) is 14.9. The van der Waals surface area contributed by atoms with E-state index in [0.29, 0.717) is 24.0 Å². The molecule has 1 fully saturated rings. The summed E-state index contributed by atoms with van der Waals surface area (Å²) in [5.41, 5.74) is 0.612. The fourth-order valence-electron chi connectivity index (χ4n) is 3.09. The lowest BCUT2D eigenvalue weighted by Crippen LogP contribution is -2.47. The Morgan fingerprint density at radius 2 is 2.05 bits per heavy atom. The molecule has 2 rings (SSSR count). The minimum Gasteiger partial charge on any atom is -0.491 e. The van der Waals surface area contributed by atoms with Gasteiger partial charge in [-0.2, -0.15) is 5.26 Å². The highest BCUT2D eigenvalue weighted by Gasteiger charge is 2.28. The molecule has 3 atom stereocenters. The Bertz CT molecular complexity index is 480. The minimum absolute atomic E-state index is 0.612. The van der Waals surface area contributed by atoms with Crippen molar-refractivity contribution in [3.8, 4) is 11.8 Å². The maximum atomic E-state index is 9.04. The fourth-order valence-corrected chi connectivity index (χ4v) is 3.09. The van der Waals surface area contributed by atoms with Gasteiger partial charge in [0, 0.05) is 19.1 Å². The first-order valence-corrected chi connectivity index (χ1v) is 7.47. The number of hydrogen-bond donors (Lipinski definition) is 0. The van der Waals surface area contributed by atoms with Gasteiger partial charge in [-0.15, -0.1) is 0 Å². The van der Waals surface area contributed by atoms with Crippen molar-refractivity contribution in [3.63, 3.8) is 0 Å².